The van der Waals surface area contributed by atoms with E-state index in [1.54, 1.807) is 0 Å². The van der Waals surface area contributed by atoms with E-state index in [1.807, 2.05) is 30.3 Å². The van der Waals surface area contributed by atoms with Crippen LogP contribution in [-0.2, 0) is 0 Å². The zero-order chi connectivity index (χ0) is 13.5. The van der Waals surface area contributed by atoms with Crippen LogP contribution in [0.2, 0.25) is 0 Å². The van der Waals surface area contributed by atoms with E-state index >= 15 is 0 Å². The highest BCUT2D eigenvalue weighted by Gasteiger charge is 2.02. The average molecular weight is 253 g/mol. The van der Waals surface area contributed by atoms with Crippen molar-refractivity contribution in [3.8, 4) is 11.1 Å². The molecule has 1 aromatic heterocycles. The zero-order valence-electron chi connectivity index (χ0n) is 10.6. The van der Waals surface area contributed by atoms with Gasteiger partial charge in [-0.15, -0.1) is 5.10 Å². The second-order valence-electron chi connectivity index (χ2n) is 3.95. The Hall–Kier alpha value is -2.69. The molecular formula is C14H15N5. The van der Waals surface area contributed by atoms with Crippen molar-refractivity contribution in [2.24, 2.45) is 0 Å². The highest BCUT2D eigenvalue weighted by Crippen LogP contribution is 2.26. The molecule has 2 aromatic carbocycles. The molecule has 1 heterocycles. The van der Waals surface area contributed by atoms with Crippen molar-refractivity contribution in [3.05, 3.63) is 60.4 Å². The fraction of sp³-hybridized carbons (Fsp3) is 0.0714. The van der Waals surface area contributed by atoms with Crippen molar-refractivity contribution >= 4 is 5.69 Å². The Labute approximate surface area is 111 Å². The number of hydrogen-bond donors (Lipinski definition) is 2. The van der Waals surface area contributed by atoms with Crippen LogP contribution in [0.3, 0.4) is 0 Å². The Bertz CT molecular complexity index is 588. The third-order valence-corrected chi connectivity index (χ3v) is 2.73. The maximum atomic E-state index is 5.86. The first kappa shape index (κ1) is 12.8. The zero-order valence-corrected chi connectivity index (χ0v) is 10.6. The van der Waals surface area contributed by atoms with E-state index in [4.69, 9.17) is 5.73 Å². The molecule has 5 nitrogen and oxygen atoms in total. The molecule has 0 unspecified atom stereocenters. The van der Waals surface area contributed by atoms with Gasteiger partial charge in [0.2, 0.25) is 0 Å². The number of aromatic amines is 1. The topological polar surface area (TPSA) is 80.5 Å². The first-order chi connectivity index (χ1) is 9.29. The van der Waals surface area contributed by atoms with Gasteiger partial charge in [0.15, 0.2) is 0 Å². The van der Waals surface area contributed by atoms with Gasteiger partial charge in [-0.1, -0.05) is 42.5 Å². The number of hydrogen-bond acceptors (Lipinski definition) is 4. The highest BCUT2D eigenvalue weighted by molar-refractivity contribution is 5.72. The molecule has 19 heavy (non-hydrogen) atoms. The normalized spacial score (nSPS) is 9.53. The lowest BCUT2D eigenvalue weighted by molar-refractivity contribution is 0.881. The van der Waals surface area contributed by atoms with Gasteiger partial charge < -0.3 is 5.73 Å². The van der Waals surface area contributed by atoms with E-state index in [-0.39, 0.29) is 0 Å². The van der Waals surface area contributed by atoms with Gasteiger partial charge in [0, 0.05) is 5.69 Å². The summed E-state index contributed by atoms with van der Waals surface area (Å²) >= 11 is 0. The number of nitrogen functional groups attached to an aromatic ring is 1. The van der Waals surface area contributed by atoms with E-state index in [1.165, 1.54) is 17.5 Å². The van der Waals surface area contributed by atoms with Crippen molar-refractivity contribution in [2.45, 2.75) is 6.92 Å². The maximum Gasteiger partial charge on any atom is 0.135 e. The number of rotatable bonds is 1. The number of tetrazole rings is 1. The number of benzene rings is 2. The third-order valence-electron chi connectivity index (χ3n) is 2.73. The molecule has 0 bridgehead atoms. The largest absolute Gasteiger partial charge is 0.398 e. The molecule has 0 fully saturated rings. The lowest BCUT2D eigenvalue weighted by Gasteiger charge is -2.07. The molecule has 3 rings (SSSR count). The molecule has 0 atom stereocenters. The van der Waals surface area contributed by atoms with E-state index in [9.17, 15) is 0 Å². The summed E-state index contributed by atoms with van der Waals surface area (Å²) in [6, 6.07) is 16.3. The maximum absolute atomic E-state index is 5.86. The van der Waals surface area contributed by atoms with Gasteiger partial charge in [0.25, 0.3) is 0 Å². The van der Waals surface area contributed by atoms with Crippen LogP contribution in [0.5, 0.6) is 0 Å². The van der Waals surface area contributed by atoms with Crippen molar-refractivity contribution in [1.29, 1.82) is 0 Å². The van der Waals surface area contributed by atoms with E-state index in [2.05, 4.69) is 45.7 Å². The summed E-state index contributed by atoms with van der Waals surface area (Å²) in [6.07, 6.45) is 1.40. The molecule has 0 aliphatic heterocycles. The summed E-state index contributed by atoms with van der Waals surface area (Å²) in [5.41, 5.74) is 10.3. The fourth-order valence-electron chi connectivity index (χ4n) is 1.71. The van der Waals surface area contributed by atoms with Crippen LogP contribution in [-0.4, -0.2) is 20.6 Å². The fourth-order valence-corrected chi connectivity index (χ4v) is 1.71. The summed E-state index contributed by atoms with van der Waals surface area (Å²) in [5.74, 6) is 0. The van der Waals surface area contributed by atoms with Gasteiger partial charge in [-0.3, -0.25) is 0 Å². The number of nitrogens with one attached hydrogen (secondary N) is 1. The van der Waals surface area contributed by atoms with E-state index in [0.29, 0.717) is 0 Å². The summed E-state index contributed by atoms with van der Waals surface area (Å²) < 4.78 is 0. The third kappa shape index (κ3) is 3.38. The van der Waals surface area contributed by atoms with Crippen LogP contribution in [0, 0.1) is 6.92 Å². The second kappa shape index (κ2) is 6.30. The predicted molar refractivity (Wildman–Crippen MR) is 75.2 cm³/mol. The standard InChI is InChI=1S/C13H13N.CH2N4/c1-10-12(8-5-9-13(10)14)11-6-3-2-4-7-11;1-2-4-5-3-1/h2-9H,14H2,1H3;1H,(H,2,3,4,5). The van der Waals surface area contributed by atoms with Gasteiger partial charge in [-0.2, -0.15) is 0 Å². The SMILES string of the molecule is Cc1c(N)cccc1-c1ccccc1.c1nnn[nH]1. The number of aromatic nitrogens is 4. The Kier molecular flexibility index (Phi) is 4.23. The van der Waals surface area contributed by atoms with E-state index in [0.717, 1.165) is 11.3 Å². The van der Waals surface area contributed by atoms with Gasteiger partial charge in [0.05, 0.1) is 0 Å². The molecule has 3 N–H and O–H groups in total. The molecule has 0 spiro atoms. The first-order valence-corrected chi connectivity index (χ1v) is 5.86. The van der Waals surface area contributed by atoms with Crippen molar-refractivity contribution in [3.63, 3.8) is 0 Å². The van der Waals surface area contributed by atoms with Crippen LogP contribution in [0.25, 0.3) is 11.1 Å². The molecule has 96 valence electrons. The minimum atomic E-state index is 0.853. The summed E-state index contributed by atoms with van der Waals surface area (Å²) in [4.78, 5) is 0. The smallest absolute Gasteiger partial charge is 0.135 e. The van der Waals surface area contributed by atoms with Crippen LogP contribution >= 0.6 is 0 Å². The molecule has 0 amide bonds. The highest BCUT2D eigenvalue weighted by atomic mass is 15.5. The predicted octanol–water partition coefficient (Wildman–Crippen LogP) is 2.44. The Morgan fingerprint density at radius 2 is 1.79 bits per heavy atom. The minimum Gasteiger partial charge on any atom is -0.398 e. The molecule has 0 aliphatic carbocycles. The number of nitrogens with zero attached hydrogens (tertiary/aromatic N) is 3. The van der Waals surface area contributed by atoms with Crippen molar-refractivity contribution in [1.82, 2.24) is 20.6 Å². The quantitative estimate of drug-likeness (QED) is 0.653. The molecule has 0 saturated heterocycles. The molecule has 0 radical (unpaired) electrons. The molecule has 3 aromatic rings. The minimum absolute atomic E-state index is 0.853. The average Bonchev–Trinajstić information content (AvgIpc) is 3.02. The monoisotopic (exact) mass is 253 g/mol. The lowest BCUT2D eigenvalue weighted by Crippen LogP contribution is -1.91. The number of anilines is 1. The van der Waals surface area contributed by atoms with E-state index < -0.39 is 0 Å². The van der Waals surface area contributed by atoms with Crippen molar-refractivity contribution < 1.29 is 0 Å². The Morgan fingerprint density at radius 3 is 2.37 bits per heavy atom. The molecule has 0 saturated carbocycles. The molecule has 0 aliphatic rings. The Morgan fingerprint density at radius 1 is 1.00 bits per heavy atom. The van der Waals surface area contributed by atoms with Crippen LogP contribution in [0.4, 0.5) is 5.69 Å². The summed E-state index contributed by atoms with van der Waals surface area (Å²) in [5, 5.41) is 12.1. The van der Waals surface area contributed by atoms with Crippen molar-refractivity contribution in [2.75, 3.05) is 5.73 Å². The van der Waals surface area contributed by atoms with Crippen LogP contribution in [0.1, 0.15) is 5.56 Å². The van der Waals surface area contributed by atoms with Gasteiger partial charge in [0.1, 0.15) is 6.33 Å². The van der Waals surface area contributed by atoms with Crippen LogP contribution < -0.4 is 5.73 Å². The van der Waals surface area contributed by atoms with Gasteiger partial charge >= 0.3 is 0 Å². The van der Waals surface area contributed by atoms with Gasteiger partial charge in [-0.25, -0.2) is 5.10 Å². The summed E-state index contributed by atoms with van der Waals surface area (Å²) in [7, 11) is 0. The summed E-state index contributed by atoms with van der Waals surface area (Å²) in [6.45, 7) is 2.05. The molecular weight excluding hydrogens is 238 g/mol. The number of nitrogens with two attached hydrogens (primary N) is 1. The van der Waals surface area contributed by atoms with Crippen LogP contribution in [0.15, 0.2) is 54.9 Å². The Balaban J connectivity index is 0.000000224. The van der Waals surface area contributed by atoms with Gasteiger partial charge in [-0.05, 0) is 40.1 Å². The molecule has 5 heteroatoms. The lowest BCUT2D eigenvalue weighted by atomic mass is 10.00. The first-order valence-electron chi connectivity index (χ1n) is 5.86. The number of H-pyrrole nitrogens is 1. The second-order valence-corrected chi connectivity index (χ2v) is 3.95.